The lowest BCUT2D eigenvalue weighted by Gasteiger charge is -2.32. The Hall–Kier alpha value is -15.3. The van der Waals surface area contributed by atoms with E-state index >= 15 is 0 Å². The van der Waals surface area contributed by atoms with E-state index in [-0.39, 0.29) is 23.7 Å². The van der Waals surface area contributed by atoms with Gasteiger partial charge in [0, 0.05) is 63.7 Å². The maximum atomic E-state index is 6.35. The van der Waals surface area contributed by atoms with Crippen molar-refractivity contribution in [3.63, 3.8) is 0 Å². The minimum absolute atomic E-state index is 0.121. The van der Waals surface area contributed by atoms with Crippen molar-refractivity contribution < 1.29 is 9.31 Å². The summed E-state index contributed by atoms with van der Waals surface area (Å²) in [4.78, 5) is 0. The SMILES string of the molecule is Brc1ccc2c(c1)Cc1ccccc1-2.CC1(C)OB(c2ccc3c4ccccc4n(-c4ccc(-c5ccccc5)cc4)c3c2)OC1(C)C.CC1(C)c2ccccc2-c2ccc(Br)cc21.c1ccc(-c2ccc(-n3c4ccccc4c4ccc(-c5ccc6c(c5)Cc5ccccc5-6)cc43)cc2)cc1.c1ccc(-c2ccc(-n3c4ccccc4c4ccc(-c5ccc6c(c5)Cc5ccccc5-6)cc43)cc2)cc1. The van der Waals surface area contributed by atoms with Crippen LogP contribution in [0.4, 0.5) is 0 Å². The molecule has 1 saturated heterocycles. The zero-order chi connectivity index (χ0) is 94.5. The molecule has 0 spiro atoms. The summed E-state index contributed by atoms with van der Waals surface area (Å²) in [6, 6.07) is 167. The molecule has 0 unspecified atom stereocenters. The number of fused-ring (bicyclic) bond motifs is 21. The van der Waals surface area contributed by atoms with Crippen LogP contribution in [0, 0.1) is 0 Å². The first kappa shape index (κ1) is 87.5. The normalized spacial score (nSPS) is 13.7. The maximum Gasteiger partial charge on any atom is 0.494 e. The maximum absolute atomic E-state index is 6.35. The van der Waals surface area contributed by atoms with Gasteiger partial charge in [-0.2, -0.15) is 0 Å². The highest BCUT2D eigenvalue weighted by Crippen LogP contribution is 2.51. The number of halogens is 2. The van der Waals surface area contributed by atoms with Crippen LogP contribution >= 0.6 is 31.9 Å². The second-order valence-corrected chi connectivity index (χ2v) is 40.9. The highest BCUT2D eigenvalue weighted by Gasteiger charge is 2.52. The fourth-order valence-electron chi connectivity index (χ4n) is 22.0. The van der Waals surface area contributed by atoms with Gasteiger partial charge in [-0.05, 0) is 294 Å². The number of hydrogen-bond donors (Lipinski definition) is 0. The minimum atomic E-state index is -0.388. The molecular weight excluding hydrogens is 1830 g/mol. The summed E-state index contributed by atoms with van der Waals surface area (Å²) in [5, 5.41) is 7.60. The van der Waals surface area contributed by atoms with Gasteiger partial charge in [0.1, 0.15) is 0 Å². The van der Waals surface area contributed by atoms with E-state index in [1.54, 1.807) is 0 Å². The molecule has 672 valence electrons. The molecule has 1 aliphatic heterocycles. The lowest BCUT2D eigenvalue weighted by molar-refractivity contribution is 0.00578. The zero-order valence-corrected chi connectivity index (χ0v) is 82.2. The summed E-state index contributed by atoms with van der Waals surface area (Å²) in [6.45, 7) is 13.0. The molecule has 0 amide bonds. The van der Waals surface area contributed by atoms with Crippen molar-refractivity contribution in [3.05, 3.63) is 514 Å². The smallest absolute Gasteiger partial charge is 0.399 e. The fraction of sp³-hybridized carbons (Fsp3) is 0.0909. The highest BCUT2D eigenvalue weighted by molar-refractivity contribution is 9.10. The average Bonchev–Trinajstić information content (AvgIpc) is 1.60. The first-order valence-electron chi connectivity index (χ1n) is 48.6. The number of aromatic nitrogens is 3. The summed E-state index contributed by atoms with van der Waals surface area (Å²) in [5.41, 5.74) is 46.1. The number of rotatable bonds is 9. The Balaban J connectivity index is 0.0000000993. The molecule has 5 nitrogen and oxygen atoms in total. The van der Waals surface area contributed by atoms with Crippen LogP contribution in [0.1, 0.15) is 86.1 Å². The Kier molecular flexibility index (Phi) is 22.5. The van der Waals surface area contributed by atoms with Crippen LogP contribution in [0.3, 0.4) is 0 Å². The van der Waals surface area contributed by atoms with Gasteiger partial charge >= 0.3 is 7.12 Å². The Morgan fingerprint density at radius 3 is 0.900 bits per heavy atom. The van der Waals surface area contributed by atoms with E-state index in [1.807, 2.05) is 6.07 Å². The van der Waals surface area contributed by atoms with Crippen molar-refractivity contribution in [2.75, 3.05) is 0 Å². The van der Waals surface area contributed by atoms with Crippen LogP contribution in [0.5, 0.6) is 0 Å². The molecule has 1 fully saturated rings. The monoisotopic (exact) mass is 1930 g/mol. The largest absolute Gasteiger partial charge is 0.494 e. The molecule has 140 heavy (non-hydrogen) atoms. The van der Waals surface area contributed by atoms with Gasteiger partial charge in [-0.25, -0.2) is 0 Å². The third-order valence-electron chi connectivity index (χ3n) is 29.8. The van der Waals surface area contributed by atoms with Crippen molar-refractivity contribution in [1.82, 2.24) is 13.7 Å². The molecule has 0 saturated carbocycles. The first-order chi connectivity index (χ1) is 68.5. The van der Waals surface area contributed by atoms with Crippen LogP contribution < -0.4 is 5.46 Å². The third-order valence-corrected chi connectivity index (χ3v) is 30.8. The Labute approximate surface area is 835 Å². The lowest BCUT2D eigenvalue weighted by atomic mass is 9.79. The summed E-state index contributed by atoms with van der Waals surface area (Å²) in [6.07, 6.45) is 3.09. The van der Waals surface area contributed by atoms with E-state index < -0.39 is 0 Å². The van der Waals surface area contributed by atoms with Gasteiger partial charge in [0.15, 0.2) is 0 Å². The second-order valence-electron chi connectivity index (χ2n) is 39.0. The topological polar surface area (TPSA) is 33.2 Å². The molecule has 0 bridgehead atoms. The number of benzene rings is 20. The zero-order valence-electron chi connectivity index (χ0n) is 79.0. The van der Waals surface area contributed by atoms with Crippen LogP contribution in [-0.4, -0.2) is 32.0 Å². The highest BCUT2D eigenvalue weighted by atomic mass is 79.9. The van der Waals surface area contributed by atoms with E-state index in [9.17, 15) is 0 Å². The van der Waals surface area contributed by atoms with Crippen molar-refractivity contribution in [3.8, 4) is 117 Å². The van der Waals surface area contributed by atoms with Gasteiger partial charge in [0.25, 0.3) is 0 Å². The molecule has 4 heterocycles. The first-order valence-corrected chi connectivity index (χ1v) is 50.2. The lowest BCUT2D eigenvalue weighted by Crippen LogP contribution is -2.41. The molecule has 5 aliphatic rings. The van der Waals surface area contributed by atoms with Crippen molar-refractivity contribution in [2.45, 2.75) is 77.4 Å². The predicted molar refractivity (Wildman–Crippen MR) is 596 cm³/mol. The third kappa shape index (κ3) is 15.9. The summed E-state index contributed by atoms with van der Waals surface area (Å²) < 4.78 is 22.2. The van der Waals surface area contributed by atoms with Crippen LogP contribution in [-0.2, 0) is 34.0 Å². The molecule has 8 heteroatoms. The Morgan fingerprint density at radius 1 is 0.207 bits per heavy atom. The molecule has 28 rings (SSSR count). The summed E-state index contributed by atoms with van der Waals surface area (Å²) in [5.74, 6) is 0. The van der Waals surface area contributed by atoms with Gasteiger partial charge < -0.3 is 23.0 Å². The van der Waals surface area contributed by atoms with Gasteiger partial charge in [-0.15, -0.1) is 0 Å². The standard InChI is InChI=1S/2C37H25N.C30H28BNO2.C15H13Br.C13H9Br/c2*1-2-8-25(9-3-1)26-14-18-31(19-15-26)38-36-13-7-6-12-34(36)35-21-17-28(24-37(35)38)27-16-20-33-30(22-27)23-29-10-4-5-11-32(29)33;1-29(2)30(3,4)34-31(33-29)23-16-19-26-25-12-8-9-13-27(25)32(28(26)20-23)24-17-14-22(15-18-24)21-10-6-5-7-11-21;1-15(2)13-6-4-3-5-11(13)12-8-7-10(16)9-14(12)15;14-11-5-6-13-10(8-11)7-9-3-1-2-4-12(9)13/h2*1-22,24H,23H2;5-20H,1-4H3;3-9H,1-2H3;1-6,8H,7H2. The molecule has 4 aliphatic carbocycles. The van der Waals surface area contributed by atoms with Crippen molar-refractivity contribution >= 4 is 110 Å². The molecule has 3 aromatic heterocycles. The van der Waals surface area contributed by atoms with Crippen LogP contribution in [0.15, 0.2) is 470 Å². The molecular formula is C132H100BBr2N3O2. The second kappa shape index (κ2) is 35.9. The number of nitrogens with zero attached hydrogens (tertiary/aromatic N) is 3. The van der Waals surface area contributed by atoms with Gasteiger partial charge in [0.05, 0.1) is 44.3 Å². The molecule has 0 radical (unpaired) electrons. The molecule has 0 N–H and O–H groups in total. The van der Waals surface area contributed by atoms with E-state index in [2.05, 4.69) is 542 Å². The molecule has 0 atom stereocenters. The summed E-state index contributed by atoms with van der Waals surface area (Å²) in [7, 11) is -0.388. The summed E-state index contributed by atoms with van der Waals surface area (Å²) >= 11 is 7.07. The minimum Gasteiger partial charge on any atom is -0.399 e. The van der Waals surface area contributed by atoms with Gasteiger partial charge in [-0.3, -0.25) is 0 Å². The van der Waals surface area contributed by atoms with Crippen LogP contribution in [0.25, 0.3) is 183 Å². The Morgan fingerprint density at radius 2 is 0.486 bits per heavy atom. The van der Waals surface area contributed by atoms with Gasteiger partial charge in [0.2, 0.25) is 0 Å². The average molecular weight is 1930 g/mol. The van der Waals surface area contributed by atoms with E-state index in [1.165, 1.54) is 220 Å². The van der Waals surface area contributed by atoms with Crippen molar-refractivity contribution in [1.29, 1.82) is 0 Å². The van der Waals surface area contributed by atoms with E-state index in [0.717, 1.165) is 40.4 Å². The van der Waals surface area contributed by atoms with E-state index in [0.29, 0.717) is 0 Å². The Bertz CT molecular complexity index is 8440. The molecule has 20 aromatic carbocycles. The number of hydrogen-bond acceptors (Lipinski definition) is 2. The quantitative estimate of drug-likeness (QED) is 0.135. The van der Waals surface area contributed by atoms with E-state index in [4.69, 9.17) is 9.31 Å². The van der Waals surface area contributed by atoms with Crippen LogP contribution in [0.2, 0.25) is 0 Å². The van der Waals surface area contributed by atoms with Crippen molar-refractivity contribution in [2.24, 2.45) is 0 Å². The molecule has 23 aromatic rings. The van der Waals surface area contributed by atoms with Gasteiger partial charge in [-0.1, -0.05) is 410 Å². The fourth-order valence-corrected chi connectivity index (χ4v) is 22.8. The predicted octanol–water partition coefficient (Wildman–Crippen LogP) is 34.9. The number of para-hydroxylation sites is 3.